The van der Waals surface area contributed by atoms with Crippen LogP contribution in [-0.4, -0.2) is 48.6 Å². The van der Waals surface area contributed by atoms with Crippen molar-refractivity contribution in [3.63, 3.8) is 0 Å². The fourth-order valence-corrected chi connectivity index (χ4v) is 4.13. The maximum Gasteiger partial charge on any atom is 0.238 e. The van der Waals surface area contributed by atoms with Gasteiger partial charge in [0.1, 0.15) is 0 Å². The summed E-state index contributed by atoms with van der Waals surface area (Å²) in [4.78, 5) is 27.8. The third-order valence-electron chi connectivity index (χ3n) is 4.66. The Balaban J connectivity index is 1.53. The summed E-state index contributed by atoms with van der Waals surface area (Å²) in [6.07, 6.45) is 1.04. The van der Waals surface area contributed by atoms with Gasteiger partial charge >= 0.3 is 0 Å². The molecule has 27 heavy (non-hydrogen) atoms. The van der Waals surface area contributed by atoms with Crippen molar-refractivity contribution in [2.75, 3.05) is 26.0 Å². The number of para-hydroxylation sites is 1. The molecule has 2 amide bonds. The van der Waals surface area contributed by atoms with Gasteiger partial charge in [0.05, 0.1) is 10.9 Å². The molecule has 0 saturated heterocycles. The number of amides is 2. The van der Waals surface area contributed by atoms with Crippen molar-refractivity contribution >= 4 is 29.3 Å². The van der Waals surface area contributed by atoms with E-state index >= 15 is 0 Å². The largest absolute Gasteiger partial charge is 0.354 e. The molecule has 5 nitrogen and oxygen atoms in total. The molecule has 1 aliphatic heterocycles. The predicted molar refractivity (Wildman–Crippen MR) is 110 cm³/mol. The number of carbonyl (C=O) groups is 2. The van der Waals surface area contributed by atoms with Crippen LogP contribution in [-0.2, 0) is 16.0 Å². The molecule has 0 aromatic heterocycles. The number of nitrogens with one attached hydrogen (secondary N) is 2. The number of hydrogen-bond donors (Lipinski definition) is 2. The van der Waals surface area contributed by atoms with Gasteiger partial charge in [0.2, 0.25) is 11.8 Å². The van der Waals surface area contributed by atoms with E-state index in [-0.39, 0.29) is 24.3 Å². The number of fused-ring (bicyclic) bond motifs is 1. The summed E-state index contributed by atoms with van der Waals surface area (Å²) in [5.41, 5.74) is 2.06. The van der Waals surface area contributed by atoms with Crippen LogP contribution < -0.4 is 10.6 Å². The molecule has 0 spiro atoms. The standard InChI is InChI=1S/C21H25N3O2S/c1-24(2)16(12-15-8-4-3-5-9-15)14-22-20(25)13-19-21(26)23-17-10-6-7-11-18(17)27-19/h3-11,16,19H,12-14H2,1-2H3,(H,22,25)(H,23,26)/t16-,19-/m1/s1. The first kappa shape index (κ1) is 19.5. The van der Waals surface area contributed by atoms with Gasteiger partial charge in [-0.3, -0.25) is 9.59 Å². The summed E-state index contributed by atoms with van der Waals surface area (Å²) < 4.78 is 0. The van der Waals surface area contributed by atoms with Crippen molar-refractivity contribution in [3.8, 4) is 0 Å². The Morgan fingerprint density at radius 3 is 2.59 bits per heavy atom. The van der Waals surface area contributed by atoms with Crippen LogP contribution in [0.3, 0.4) is 0 Å². The number of thioether (sulfide) groups is 1. The summed E-state index contributed by atoms with van der Waals surface area (Å²) in [6, 6.07) is 18.1. The number of hydrogen-bond acceptors (Lipinski definition) is 4. The fraction of sp³-hybridized carbons (Fsp3) is 0.333. The maximum atomic E-state index is 12.4. The molecule has 0 radical (unpaired) electrons. The van der Waals surface area contributed by atoms with E-state index in [1.165, 1.54) is 17.3 Å². The minimum Gasteiger partial charge on any atom is -0.354 e. The van der Waals surface area contributed by atoms with Gasteiger partial charge in [-0.15, -0.1) is 11.8 Å². The molecule has 3 rings (SSSR count). The number of carbonyl (C=O) groups excluding carboxylic acids is 2. The third kappa shape index (κ3) is 5.34. The molecule has 1 aliphatic rings. The number of anilines is 1. The van der Waals surface area contributed by atoms with E-state index in [0.29, 0.717) is 6.54 Å². The second-order valence-corrected chi connectivity index (χ2v) is 8.15. The van der Waals surface area contributed by atoms with Crippen molar-refractivity contribution in [1.29, 1.82) is 0 Å². The Bertz CT molecular complexity index is 795. The highest BCUT2D eigenvalue weighted by Crippen LogP contribution is 2.36. The zero-order valence-corrected chi connectivity index (χ0v) is 16.5. The zero-order valence-electron chi connectivity index (χ0n) is 15.6. The first-order chi connectivity index (χ1) is 13.0. The zero-order chi connectivity index (χ0) is 19.2. The molecule has 0 fully saturated rings. The van der Waals surface area contributed by atoms with Crippen molar-refractivity contribution in [2.24, 2.45) is 0 Å². The highest BCUT2D eigenvalue weighted by atomic mass is 32.2. The van der Waals surface area contributed by atoms with Gasteiger partial charge in [0, 0.05) is 23.9 Å². The van der Waals surface area contributed by atoms with Crippen LogP contribution in [0.5, 0.6) is 0 Å². The number of benzene rings is 2. The van der Waals surface area contributed by atoms with Gasteiger partial charge in [0.25, 0.3) is 0 Å². The average Bonchev–Trinajstić information content (AvgIpc) is 2.66. The van der Waals surface area contributed by atoms with Crippen LogP contribution in [0.1, 0.15) is 12.0 Å². The third-order valence-corrected chi connectivity index (χ3v) is 5.93. The van der Waals surface area contributed by atoms with E-state index in [9.17, 15) is 9.59 Å². The predicted octanol–water partition coefficient (Wildman–Crippen LogP) is 2.78. The lowest BCUT2D eigenvalue weighted by molar-refractivity contribution is -0.124. The Labute approximate surface area is 164 Å². The van der Waals surface area contributed by atoms with E-state index in [1.54, 1.807) is 0 Å². The summed E-state index contributed by atoms with van der Waals surface area (Å²) in [5, 5.41) is 5.49. The lowest BCUT2D eigenvalue weighted by Crippen LogP contribution is -2.43. The van der Waals surface area contributed by atoms with Gasteiger partial charge in [-0.1, -0.05) is 42.5 Å². The number of rotatable bonds is 7. The van der Waals surface area contributed by atoms with E-state index in [4.69, 9.17) is 0 Å². The quantitative estimate of drug-likeness (QED) is 0.772. The Kier molecular flexibility index (Phi) is 6.53. The van der Waals surface area contributed by atoms with E-state index in [0.717, 1.165) is 17.0 Å². The number of nitrogens with zero attached hydrogens (tertiary/aromatic N) is 1. The maximum absolute atomic E-state index is 12.4. The first-order valence-electron chi connectivity index (χ1n) is 9.06. The molecule has 0 unspecified atom stereocenters. The molecule has 0 aliphatic carbocycles. The molecular weight excluding hydrogens is 358 g/mol. The van der Waals surface area contributed by atoms with Crippen LogP contribution in [0.25, 0.3) is 0 Å². The van der Waals surface area contributed by atoms with E-state index in [1.807, 2.05) is 56.6 Å². The lowest BCUT2D eigenvalue weighted by Gasteiger charge is -2.26. The van der Waals surface area contributed by atoms with E-state index < -0.39 is 5.25 Å². The average molecular weight is 384 g/mol. The number of likely N-dealkylation sites (N-methyl/N-ethyl adjacent to an activating group) is 1. The Hall–Kier alpha value is -2.31. The topological polar surface area (TPSA) is 61.4 Å². The van der Waals surface area contributed by atoms with Gasteiger partial charge in [-0.25, -0.2) is 0 Å². The molecule has 2 N–H and O–H groups in total. The minimum absolute atomic E-state index is 0.0954. The first-order valence-corrected chi connectivity index (χ1v) is 9.94. The van der Waals surface area contributed by atoms with Gasteiger partial charge in [-0.2, -0.15) is 0 Å². The molecule has 1 heterocycles. The molecule has 0 bridgehead atoms. The van der Waals surface area contributed by atoms with Crippen LogP contribution in [0, 0.1) is 0 Å². The highest BCUT2D eigenvalue weighted by molar-refractivity contribution is 8.01. The molecule has 2 atom stereocenters. The van der Waals surface area contributed by atoms with Crippen molar-refractivity contribution in [1.82, 2.24) is 10.2 Å². The smallest absolute Gasteiger partial charge is 0.238 e. The molecule has 6 heteroatoms. The SMILES string of the molecule is CN(C)[C@@H](CNC(=O)C[C@H]1Sc2ccccc2NC1=O)Cc1ccccc1. The fourth-order valence-electron chi connectivity index (χ4n) is 3.02. The Morgan fingerprint density at radius 2 is 1.85 bits per heavy atom. The van der Waals surface area contributed by atoms with Crippen LogP contribution in [0.2, 0.25) is 0 Å². The van der Waals surface area contributed by atoms with E-state index in [2.05, 4.69) is 27.7 Å². The second-order valence-electron chi connectivity index (χ2n) is 6.91. The lowest BCUT2D eigenvalue weighted by atomic mass is 10.1. The summed E-state index contributed by atoms with van der Waals surface area (Å²) in [5.74, 6) is -0.204. The molecule has 142 valence electrons. The van der Waals surface area contributed by atoms with Gasteiger partial charge in [-0.05, 0) is 38.2 Å². The minimum atomic E-state index is -0.396. The highest BCUT2D eigenvalue weighted by Gasteiger charge is 2.29. The van der Waals surface area contributed by atoms with Crippen molar-refractivity contribution in [2.45, 2.75) is 29.0 Å². The summed E-state index contributed by atoms with van der Waals surface area (Å²) in [7, 11) is 4.03. The van der Waals surface area contributed by atoms with Crippen molar-refractivity contribution in [3.05, 3.63) is 60.2 Å². The van der Waals surface area contributed by atoms with Crippen molar-refractivity contribution < 1.29 is 9.59 Å². The normalized spacial score (nSPS) is 17.1. The molecular formula is C21H25N3O2S. The summed E-state index contributed by atoms with van der Waals surface area (Å²) in [6.45, 7) is 0.552. The molecule has 2 aromatic carbocycles. The molecule has 2 aromatic rings. The molecule has 0 saturated carbocycles. The van der Waals surface area contributed by atoms with Crippen LogP contribution in [0.15, 0.2) is 59.5 Å². The van der Waals surface area contributed by atoms with Gasteiger partial charge in [0.15, 0.2) is 0 Å². The second kappa shape index (κ2) is 9.06. The Morgan fingerprint density at radius 1 is 1.15 bits per heavy atom. The van der Waals surface area contributed by atoms with Gasteiger partial charge < -0.3 is 15.5 Å². The summed E-state index contributed by atoms with van der Waals surface area (Å²) >= 11 is 1.45. The monoisotopic (exact) mass is 383 g/mol. The van der Waals surface area contributed by atoms with Crippen LogP contribution >= 0.6 is 11.8 Å². The van der Waals surface area contributed by atoms with Crippen LogP contribution in [0.4, 0.5) is 5.69 Å².